The van der Waals surface area contributed by atoms with Gasteiger partial charge in [-0.25, -0.2) is 0 Å². The van der Waals surface area contributed by atoms with Crippen molar-refractivity contribution in [1.29, 1.82) is 0 Å². The number of carbonyl (C=O) groups excluding carboxylic acids is 1. The van der Waals surface area contributed by atoms with Crippen molar-refractivity contribution in [2.45, 2.75) is 0 Å². The number of nitrogens with two attached hydrogens (primary N) is 1. The van der Waals surface area contributed by atoms with Crippen LogP contribution in [-0.4, -0.2) is 11.0 Å². The summed E-state index contributed by atoms with van der Waals surface area (Å²) in [7, 11) is 0. The average Bonchev–Trinajstić information content (AvgIpc) is 2.35. The first-order chi connectivity index (χ1) is 8.16. The van der Waals surface area contributed by atoms with E-state index in [1.54, 1.807) is 30.3 Å². The van der Waals surface area contributed by atoms with E-state index in [9.17, 15) is 9.90 Å². The molecule has 0 radical (unpaired) electrons. The fourth-order valence-electron chi connectivity index (χ4n) is 1.43. The summed E-state index contributed by atoms with van der Waals surface area (Å²) >= 11 is 0. The lowest BCUT2D eigenvalue weighted by atomic mass is 10.2. The number of carbonyl (C=O) groups is 1. The van der Waals surface area contributed by atoms with Gasteiger partial charge in [0.05, 0.1) is 5.69 Å². The second-order valence-corrected chi connectivity index (χ2v) is 3.59. The molecule has 1 amide bonds. The lowest BCUT2D eigenvalue weighted by Gasteiger charge is -2.06. The van der Waals surface area contributed by atoms with Crippen LogP contribution in [0.4, 0.5) is 11.4 Å². The maximum atomic E-state index is 11.8. The molecule has 0 bridgehead atoms. The lowest BCUT2D eigenvalue weighted by molar-refractivity contribution is 0.102. The first kappa shape index (κ1) is 11.0. The van der Waals surface area contributed by atoms with E-state index >= 15 is 0 Å². The molecule has 0 saturated carbocycles. The first-order valence-electron chi connectivity index (χ1n) is 5.12. The Balaban J connectivity index is 2.16. The molecule has 4 nitrogen and oxygen atoms in total. The molecular weight excluding hydrogens is 216 g/mol. The average molecular weight is 228 g/mol. The number of amides is 1. The van der Waals surface area contributed by atoms with Crippen LogP contribution in [-0.2, 0) is 0 Å². The van der Waals surface area contributed by atoms with E-state index in [4.69, 9.17) is 5.73 Å². The number of nitrogens with one attached hydrogen (secondary N) is 1. The first-order valence-corrected chi connectivity index (χ1v) is 5.12. The smallest absolute Gasteiger partial charge is 0.255 e. The van der Waals surface area contributed by atoms with Gasteiger partial charge in [-0.1, -0.05) is 18.2 Å². The maximum Gasteiger partial charge on any atom is 0.255 e. The van der Waals surface area contributed by atoms with Gasteiger partial charge in [0.25, 0.3) is 5.91 Å². The molecule has 17 heavy (non-hydrogen) atoms. The predicted octanol–water partition coefficient (Wildman–Crippen LogP) is 2.23. The third-order valence-corrected chi connectivity index (χ3v) is 2.32. The van der Waals surface area contributed by atoms with Gasteiger partial charge in [-0.15, -0.1) is 0 Å². The molecule has 0 aromatic heterocycles. The standard InChI is InChI=1S/C13H12N2O2/c14-11-8-10(6-7-12(11)16)15-13(17)9-4-2-1-3-5-9/h1-8,16H,14H2,(H,15,17). The van der Waals surface area contributed by atoms with Gasteiger partial charge < -0.3 is 16.2 Å². The van der Waals surface area contributed by atoms with Gasteiger partial charge in [-0.05, 0) is 30.3 Å². The molecule has 0 atom stereocenters. The Morgan fingerprint density at radius 1 is 1.12 bits per heavy atom. The SMILES string of the molecule is Nc1cc(NC(=O)c2ccccc2)ccc1O. The van der Waals surface area contributed by atoms with Crippen molar-refractivity contribution < 1.29 is 9.90 Å². The van der Waals surface area contributed by atoms with E-state index in [0.29, 0.717) is 11.3 Å². The Morgan fingerprint density at radius 2 is 1.82 bits per heavy atom. The molecule has 0 aliphatic heterocycles. The number of phenols is 1. The van der Waals surface area contributed by atoms with Crippen LogP contribution in [0.5, 0.6) is 5.75 Å². The van der Waals surface area contributed by atoms with Gasteiger partial charge in [-0.3, -0.25) is 4.79 Å². The summed E-state index contributed by atoms with van der Waals surface area (Å²) in [6.45, 7) is 0. The highest BCUT2D eigenvalue weighted by Gasteiger charge is 2.06. The van der Waals surface area contributed by atoms with E-state index in [0.717, 1.165) is 0 Å². The van der Waals surface area contributed by atoms with Gasteiger partial charge in [0.15, 0.2) is 0 Å². The minimum absolute atomic E-state index is 0.00251. The fourth-order valence-corrected chi connectivity index (χ4v) is 1.43. The number of anilines is 2. The van der Waals surface area contributed by atoms with Crippen LogP contribution in [0.25, 0.3) is 0 Å². The lowest BCUT2D eigenvalue weighted by Crippen LogP contribution is -2.11. The number of nitrogen functional groups attached to an aromatic ring is 1. The third kappa shape index (κ3) is 2.55. The highest BCUT2D eigenvalue weighted by Crippen LogP contribution is 2.23. The Kier molecular flexibility index (Phi) is 2.96. The molecule has 0 unspecified atom stereocenters. The van der Waals surface area contributed by atoms with Crippen molar-refractivity contribution in [1.82, 2.24) is 0 Å². The summed E-state index contributed by atoms with van der Waals surface area (Å²) in [5.41, 5.74) is 6.88. The third-order valence-electron chi connectivity index (χ3n) is 2.32. The van der Waals surface area contributed by atoms with E-state index in [2.05, 4.69) is 5.32 Å². The Morgan fingerprint density at radius 3 is 2.47 bits per heavy atom. The van der Waals surface area contributed by atoms with Crippen molar-refractivity contribution >= 4 is 17.3 Å². The molecule has 0 spiro atoms. The Hall–Kier alpha value is -2.49. The Bertz CT molecular complexity index is 538. The van der Waals surface area contributed by atoms with Crippen LogP contribution >= 0.6 is 0 Å². The summed E-state index contributed by atoms with van der Waals surface area (Å²) in [5, 5.41) is 12.0. The van der Waals surface area contributed by atoms with E-state index in [1.807, 2.05) is 6.07 Å². The number of hydrogen-bond donors (Lipinski definition) is 3. The molecule has 0 fully saturated rings. The van der Waals surface area contributed by atoms with Gasteiger partial charge in [0.2, 0.25) is 0 Å². The fraction of sp³-hybridized carbons (Fsp3) is 0. The van der Waals surface area contributed by atoms with Crippen molar-refractivity contribution in [3.63, 3.8) is 0 Å². The highest BCUT2D eigenvalue weighted by molar-refractivity contribution is 6.04. The molecule has 86 valence electrons. The minimum atomic E-state index is -0.212. The molecular formula is C13H12N2O2. The van der Waals surface area contributed by atoms with Crippen LogP contribution < -0.4 is 11.1 Å². The van der Waals surface area contributed by atoms with Crippen LogP contribution in [0, 0.1) is 0 Å². The molecule has 0 aliphatic carbocycles. The highest BCUT2D eigenvalue weighted by atomic mass is 16.3. The summed E-state index contributed by atoms with van der Waals surface area (Å²) in [5.74, 6) is -0.210. The number of benzene rings is 2. The van der Waals surface area contributed by atoms with Crippen LogP contribution in [0.1, 0.15) is 10.4 Å². The van der Waals surface area contributed by atoms with Crippen molar-refractivity contribution in [3.8, 4) is 5.75 Å². The van der Waals surface area contributed by atoms with Crippen molar-refractivity contribution in [2.24, 2.45) is 0 Å². The topological polar surface area (TPSA) is 75.3 Å². The summed E-state index contributed by atoms with van der Waals surface area (Å²) in [6.07, 6.45) is 0. The van der Waals surface area contributed by atoms with Crippen molar-refractivity contribution in [3.05, 3.63) is 54.1 Å². The zero-order chi connectivity index (χ0) is 12.3. The van der Waals surface area contributed by atoms with Crippen LogP contribution in [0.15, 0.2) is 48.5 Å². The molecule has 0 heterocycles. The van der Waals surface area contributed by atoms with E-state index in [-0.39, 0.29) is 17.3 Å². The summed E-state index contributed by atoms with van der Waals surface area (Å²) in [6, 6.07) is 13.4. The van der Waals surface area contributed by atoms with Gasteiger partial charge >= 0.3 is 0 Å². The largest absolute Gasteiger partial charge is 0.506 e. The molecule has 2 aromatic rings. The second-order valence-electron chi connectivity index (χ2n) is 3.59. The molecule has 2 aromatic carbocycles. The van der Waals surface area contributed by atoms with Gasteiger partial charge in [-0.2, -0.15) is 0 Å². The quantitative estimate of drug-likeness (QED) is 0.419. The summed E-state index contributed by atoms with van der Waals surface area (Å²) in [4.78, 5) is 11.8. The second kappa shape index (κ2) is 4.57. The van der Waals surface area contributed by atoms with E-state index in [1.165, 1.54) is 12.1 Å². The van der Waals surface area contributed by atoms with Gasteiger partial charge in [0, 0.05) is 11.3 Å². The zero-order valence-corrected chi connectivity index (χ0v) is 9.05. The summed E-state index contributed by atoms with van der Waals surface area (Å²) < 4.78 is 0. The number of hydrogen-bond acceptors (Lipinski definition) is 3. The molecule has 4 N–H and O–H groups in total. The van der Waals surface area contributed by atoms with E-state index < -0.39 is 0 Å². The van der Waals surface area contributed by atoms with Gasteiger partial charge in [0.1, 0.15) is 5.75 Å². The number of phenolic OH excluding ortho intramolecular Hbond substituents is 1. The van der Waals surface area contributed by atoms with Crippen LogP contribution in [0.3, 0.4) is 0 Å². The van der Waals surface area contributed by atoms with Crippen LogP contribution in [0.2, 0.25) is 0 Å². The van der Waals surface area contributed by atoms with Crippen molar-refractivity contribution in [2.75, 3.05) is 11.1 Å². The predicted molar refractivity (Wildman–Crippen MR) is 66.9 cm³/mol. The number of aromatic hydroxyl groups is 1. The minimum Gasteiger partial charge on any atom is -0.506 e. The molecule has 2 rings (SSSR count). The number of rotatable bonds is 2. The Labute approximate surface area is 98.7 Å². The molecule has 0 saturated heterocycles. The maximum absolute atomic E-state index is 11.8. The monoisotopic (exact) mass is 228 g/mol. The molecule has 4 heteroatoms. The zero-order valence-electron chi connectivity index (χ0n) is 9.05. The molecule has 0 aliphatic rings. The normalized spacial score (nSPS) is 9.88.